The summed E-state index contributed by atoms with van der Waals surface area (Å²) < 4.78 is 5.21. The van der Waals surface area contributed by atoms with Gasteiger partial charge >= 0.3 is 6.03 Å². The van der Waals surface area contributed by atoms with E-state index in [-0.39, 0.29) is 24.1 Å². The van der Waals surface area contributed by atoms with Crippen LogP contribution in [-0.2, 0) is 10.3 Å². The average Bonchev–Trinajstić information content (AvgIpc) is 2.88. The fourth-order valence-corrected chi connectivity index (χ4v) is 6.21. The molecule has 3 atom stereocenters. The number of hydrogen-bond donors (Lipinski definition) is 4. The van der Waals surface area contributed by atoms with E-state index >= 15 is 0 Å². The summed E-state index contributed by atoms with van der Waals surface area (Å²) in [5, 5.41) is 29.0. The third-order valence-corrected chi connectivity index (χ3v) is 8.31. The molecule has 4 N–H and O–H groups in total. The lowest BCUT2D eigenvalue weighted by molar-refractivity contribution is -0.0564. The number of urea groups is 1. The van der Waals surface area contributed by atoms with Crippen LogP contribution in [0.4, 0.5) is 4.79 Å². The Morgan fingerprint density at radius 1 is 1.25 bits per heavy atom. The Bertz CT molecular complexity index is 805. The second-order valence-corrected chi connectivity index (χ2v) is 11.2. The first-order valence-corrected chi connectivity index (χ1v) is 14.1. The normalized spacial score (nSPS) is 25.2. The summed E-state index contributed by atoms with van der Waals surface area (Å²) in [6.45, 7) is 2.59. The topological polar surface area (TPSA) is 94.1 Å². The van der Waals surface area contributed by atoms with Crippen molar-refractivity contribution in [1.29, 1.82) is 0 Å². The predicted octanol–water partition coefficient (Wildman–Crippen LogP) is 4.30. The van der Waals surface area contributed by atoms with Gasteiger partial charge in [-0.25, -0.2) is 4.79 Å². The van der Waals surface area contributed by atoms with E-state index in [1.165, 1.54) is 0 Å². The third kappa shape index (κ3) is 8.32. The second kappa shape index (κ2) is 14.5. The van der Waals surface area contributed by atoms with Gasteiger partial charge in [0.1, 0.15) is 0 Å². The number of methoxy groups -OCH3 is 1. The number of carbonyl (C=O) groups is 1. The largest absolute Gasteiger partial charge is 0.393 e. The number of halogens is 1. The minimum Gasteiger partial charge on any atom is -0.393 e. The lowest BCUT2D eigenvalue weighted by atomic mass is 9.74. The van der Waals surface area contributed by atoms with Crippen molar-refractivity contribution in [3.63, 3.8) is 0 Å². The van der Waals surface area contributed by atoms with Crippen molar-refractivity contribution >= 4 is 17.6 Å². The summed E-state index contributed by atoms with van der Waals surface area (Å²) in [5.74, 6) is 0.460. The van der Waals surface area contributed by atoms with E-state index in [9.17, 15) is 15.0 Å². The molecule has 204 valence electrons. The number of aliphatic hydroxyl groups excluding tert-OH is 1. The zero-order valence-electron chi connectivity index (χ0n) is 22.1. The zero-order valence-corrected chi connectivity index (χ0v) is 22.8. The van der Waals surface area contributed by atoms with Gasteiger partial charge in [-0.1, -0.05) is 23.7 Å². The van der Waals surface area contributed by atoms with Crippen LogP contribution in [0.15, 0.2) is 24.3 Å². The van der Waals surface area contributed by atoms with Crippen molar-refractivity contribution in [1.82, 2.24) is 15.5 Å². The summed E-state index contributed by atoms with van der Waals surface area (Å²) >= 11 is 6.30. The van der Waals surface area contributed by atoms with E-state index < -0.39 is 5.60 Å². The van der Waals surface area contributed by atoms with Gasteiger partial charge in [0.05, 0.1) is 11.7 Å². The Morgan fingerprint density at radius 3 is 2.72 bits per heavy atom. The molecule has 3 rings (SSSR count). The number of aliphatic hydroxyl groups is 2. The highest BCUT2D eigenvalue weighted by atomic mass is 35.5. The van der Waals surface area contributed by atoms with Gasteiger partial charge in [-0.3, -0.25) is 0 Å². The molecular weight excluding hydrogens is 478 g/mol. The number of likely N-dealkylation sites (N-methyl/N-ethyl adjacent to an activating group) is 1. The number of benzene rings is 1. The van der Waals surface area contributed by atoms with Crippen LogP contribution in [0, 0.1) is 11.8 Å². The van der Waals surface area contributed by atoms with Crippen LogP contribution in [0.2, 0.25) is 5.02 Å². The first kappa shape index (κ1) is 29.2. The fraction of sp³-hybridized carbons (Fsp3) is 0.750. The Balaban J connectivity index is 1.66. The molecule has 0 spiro atoms. The number of nitrogens with zero attached hydrogens (tertiary/aromatic N) is 1. The van der Waals surface area contributed by atoms with Gasteiger partial charge in [0, 0.05) is 50.3 Å². The number of unbranched alkanes of at least 4 members (excludes halogenated alkanes) is 1. The van der Waals surface area contributed by atoms with Crippen molar-refractivity contribution < 1.29 is 19.7 Å². The summed E-state index contributed by atoms with van der Waals surface area (Å²) in [6, 6.07) is 7.52. The number of likely N-dealkylation sites (tertiary alicyclic amines) is 1. The van der Waals surface area contributed by atoms with E-state index in [0.29, 0.717) is 43.6 Å². The van der Waals surface area contributed by atoms with E-state index in [1.807, 2.05) is 36.2 Å². The lowest BCUT2D eigenvalue weighted by Gasteiger charge is -2.43. The SMILES string of the molecule is CNCC(CC1CCC(O)CC1)NC(=O)N1CCCC(C(O)(CCCCOC)c2cccc(Cl)c2)C1. The highest BCUT2D eigenvalue weighted by molar-refractivity contribution is 6.30. The van der Waals surface area contributed by atoms with Gasteiger partial charge in [0.2, 0.25) is 0 Å². The Labute approximate surface area is 221 Å². The van der Waals surface area contributed by atoms with Crippen LogP contribution in [0.3, 0.4) is 0 Å². The summed E-state index contributed by atoms with van der Waals surface area (Å²) in [6.07, 6.45) is 8.51. The number of amides is 2. The van der Waals surface area contributed by atoms with E-state index in [1.54, 1.807) is 7.11 Å². The van der Waals surface area contributed by atoms with Gasteiger partial charge in [-0.05, 0) is 94.9 Å². The van der Waals surface area contributed by atoms with Crippen LogP contribution in [0.25, 0.3) is 0 Å². The molecule has 1 aliphatic carbocycles. The van der Waals surface area contributed by atoms with Crippen LogP contribution < -0.4 is 10.6 Å². The number of nitrogens with one attached hydrogen (secondary N) is 2. The molecule has 7 nitrogen and oxygen atoms in total. The molecule has 1 saturated heterocycles. The van der Waals surface area contributed by atoms with Gasteiger partial charge in [0.25, 0.3) is 0 Å². The Morgan fingerprint density at radius 2 is 2.03 bits per heavy atom. The van der Waals surface area contributed by atoms with Crippen LogP contribution in [-0.4, -0.2) is 73.7 Å². The number of hydrogen-bond acceptors (Lipinski definition) is 5. The molecule has 36 heavy (non-hydrogen) atoms. The van der Waals surface area contributed by atoms with Crippen LogP contribution >= 0.6 is 11.6 Å². The monoisotopic (exact) mass is 523 g/mol. The first-order valence-electron chi connectivity index (χ1n) is 13.7. The maximum Gasteiger partial charge on any atom is 0.317 e. The molecule has 1 aliphatic heterocycles. The standard InChI is InChI=1S/C28H46ClN3O4/c1-30-19-25(17-21-10-12-26(33)13-11-21)31-27(34)32-15-6-8-23(20-32)28(35,14-3-4-16-36-2)22-7-5-9-24(29)18-22/h5,7,9,18,21,23,25-26,30,33,35H,3-4,6,8,10-17,19-20H2,1-2H3,(H,31,34). The maximum absolute atomic E-state index is 13.4. The third-order valence-electron chi connectivity index (χ3n) is 8.08. The quantitative estimate of drug-likeness (QED) is 0.306. The summed E-state index contributed by atoms with van der Waals surface area (Å²) in [7, 11) is 3.61. The van der Waals surface area contributed by atoms with Gasteiger partial charge in [-0.2, -0.15) is 0 Å². The number of ether oxygens (including phenoxy) is 1. The maximum atomic E-state index is 13.4. The second-order valence-electron chi connectivity index (χ2n) is 10.8. The van der Waals surface area contributed by atoms with Gasteiger partial charge < -0.3 is 30.5 Å². The molecule has 1 saturated carbocycles. The number of rotatable bonds is 12. The van der Waals surface area contributed by atoms with Crippen molar-refractivity contribution in [3.8, 4) is 0 Å². The molecule has 0 bridgehead atoms. The Kier molecular flexibility index (Phi) is 11.8. The molecule has 1 heterocycles. The van der Waals surface area contributed by atoms with Crippen molar-refractivity contribution in [2.75, 3.05) is 40.4 Å². The highest BCUT2D eigenvalue weighted by Gasteiger charge is 2.41. The van der Waals surface area contributed by atoms with Gasteiger partial charge in [-0.15, -0.1) is 0 Å². The molecule has 3 unspecified atom stereocenters. The van der Waals surface area contributed by atoms with Crippen molar-refractivity contribution in [3.05, 3.63) is 34.9 Å². The van der Waals surface area contributed by atoms with E-state index in [4.69, 9.17) is 16.3 Å². The minimum absolute atomic E-state index is 0.0453. The van der Waals surface area contributed by atoms with Crippen molar-refractivity contribution in [2.45, 2.75) is 82.0 Å². The average molecular weight is 524 g/mol. The highest BCUT2D eigenvalue weighted by Crippen LogP contribution is 2.40. The molecule has 0 radical (unpaired) electrons. The van der Waals surface area contributed by atoms with Crippen LogP contribution in [0.5, 0.6) is 0 Å². The van der Waals surface area contributed by atoms with Crippen LogP contribution in [0.1, 0.15) is 69.8 Å². The first-order chi connectivity index (χ1) is 17.4. The molecule has 1 aromatic rings. The van der Waals surface area contributed by atoms with Gasteiger partial charge in [0.15, 0.2) is 0 Å². The molecule has 1 aromatic carbocycles. The van der Waals surface area contributed by atoms with Crippen molar-refractivity contribution in [2.24, 2.45) is 11.8 Å². The molecule has 2 amide bonds. The summed E-state index contributed by atoms with van der Waals surface area (Å²) in [4.78, 5) is 15.2. The number of carbonyl (C=O) groups excluding carboxylic acids is 1. The molecule has 2 aliphatic rings. The fourth-order valence-electron chi connectivity index (χ4n) is 6.02. The minimum atomic E-state index is -1.05. The molecule has 0 aromatic heterocycles. The Hall–Kier alpha value is -1.38. The van der Waals surface area contributed by atoms with E-state index in [2.05, 4.69) is 10.6 Å². The molecule has 2 fully saturated rings. The predicted molar refractivity (Wildman–Crippen MR) is 144 cm³/mol. The smallest absolute Gasteiger partial charge is 0.317 e. The summed E-state index contributed by atoms with van der Waals surface area (Å²) in [5.41, 5.74) is -0.225. The zero-order chi connectivity index (χ0) is 26.0. The molecule has 8 heteroatoms. The molecular formula is C28H46ClN3O4. The van der Waals surface area contributed by atoms with E-state index in [0.717, 1.165) is 63.4 Å². The lowest BCUT2D eigenvalue weighted by Crippen LogP contribution is -2.54. The number of piperidine rings is 1.